The van der Waals surface area contributed by atoms with E-state index in [9.17, 15) is 0 Å². The van der Waals surface area contributed by atoms with Crippen molar-refractivity contribution in [3.63, 3.8) is 0 Å². The minimum atomic E-state index is 0.649. The Bertz CT molecular complexity index is 3660. The average Bonchev–Trinajstić information content (AvgIpc) is 4.01. The first kappa shape index (κ1) is 30.3. The minimum Gasteiger partial charge on any atom is -0.452 e. The first-order valence-electron chi connectivity index (χ1n) is 19.1. The fourth-order valence-corrected chi connectivity index (χ4v) is 10.7. The molecule has 0 fully saturated rings. The summed E-state index contributed by atoms with van der Waals surface area (Å²) in [6.07, 6.45) is 6.54. The van der Waals surface area contributed by atoms with E-state index >= 15 is 0 Å². The Morgan fingerprint density at radius 2 is 1.32 bits per heavy atom. The first-order chi connectivity index (χ1) is 27.8. The molecule has 0 atom stereocenters. The van der Waals surface area contributed by atoms with Crippen molar-refractivity contribution in [2.24, 2.45) is 0 Å². The summed E-state index contributed by atoms with van der Waals surface area (Å²) in [6.45, 7) is 0. The molecule has 12 aromatic rings. The summed E-state index contributed by atoms with van der Waals surface area (Å²) in [5, 5.41) is 9.74. The van der Waals surface area contributed by atoms with Crippen LogP contribution in [0.3, 0.4) is 0 Å². The minimum absolute atomic E-state index is 0.649. The quantitative estimate of drug-likeness (QED) is 0.182. The number of hydrogen-bond donors (Lipinski definition) is 0. The van der Waals surface area contributed by atoms with Crippen LogP contribution in [-0.4, -0.2) is 19.1 Å². The third-order valence-electron chi connectivity index (χ3n) is 11.8. The number of furan rings is 1. The van der Waals surface area contributed by atoms with Crippen LogP contribution >= 0.6 is 11.3 Å². The molecule has 5 heterocycles. The molecule has 0 unspecified atom stereocenters. The lowest BCUT2D eigenvalue weighted by Crippen LogP contribution is -2.06. The van der Waals surface area contributed by atoms with Gasteiger partial charge < -0.3 is 8.98 Å². The van der Waals surface area contributed by atoms with Crippen molar-refractivity contribution in [3.8, 4) is 22.9 Å². The first-order valence-corrected chi connectivity index (χ1v) is 20.0. The van der Waals surface area contributed by atoms with Crippen LogP contribution in [0.4, 0.5) is 0 Å². The second-order valence-corrected chi connectivity index (χ2v) is 15.8. The Morgan fingerprint density at radius 3 is 2.21 bits per heavy atom. The molecule has 0 aliphatic heterocycles. The predicted molar refractivity (Wildman–Crippen MR) is 234 cm³/mol. The zero-order valence-electron chi connectivity index (χ0n) is 30.0. The summed E-state index contributed by atoms with van der Waals surface area (Å²) >= 11 is 1.87. The van der Waals surface area contributed by atoms with Gasteiger partial charge in [0.2, 0.25) is 5.95 Å². The van der Waals surface area contributed by atoms with Gasteiger partial charge in [0.15, 0.2) is 5.58 Å². The maximum Gasteiger partial charge on any atom is 0.236 e. The molecule has 13 rings (SSSR count). The molecule has 1 aliphatic rings. The van der Waals surface area contributed by atoms with Crippen LogP contribution < -0.4 is 0 Å². The summed E-state index contributed by atoms with van der Waals surface area (Å²) in [5.74, 6) is 0.649. The molecule has 1 aliphatic carbocycles. The number of aromatic nitrogens is 4. The Labute approximate surface area is 324 Å². The standard InChI is InChI=1S/C50H30N4OS/c1-2-14-30(15-3-1)53-38-22-10-6-16-31(38)37-28-29(26-27-40(37)53)45-48-46(35-20-8-12-24-41(35)55-48)52-50(51-45)54-39-23-11-7-19-34(39)43-32-17-4-5-18-33(32)49-44(47(43)54)36-21-9-13-25-42(36)56-49/h1-6,8-18,20-28H,7,19H2. The van der Waals surface area contributed by atoms with Gasteiger partial charge in [0.1, 0.15) is 16.8 Å². The van der Waals surface area contributed by atoms with Gasteiger partial charge in [-0.1, -0.05) is 103 Å². The highest BCUT2D eigenvalue weighted by Gasteiger charge is 2.28. The number of nitrogens with zero attached hydrogens (tertiary/aromatic N) is 4. The molecule has 6 heteroatoms. The van der Waals surface area contributed by atoms with E-state index in [0.717, 1.165) is 62.9 Å². The van der Waals surface area contributed by atoms with Gasteiger partial charge in [0.25, 0.3) is 0 Å². The van der Waals surface area contributed by atoms with Crippen molar-refractivity contribution in [3.05, 3.63) is 163 Å². The summed E-state index contributed by atoms with van der Waals surface area (Å²) in [4.78, 5) is 11.1. The number of allylic oxidation sites excluding steroid dienone is 1. The third-order valence-corrected chi connectivity index (χ3v) is 13.0. The number of fused-ring (bicyclic) bond motifs is 16. The molecule has 56 heavy (non-hydrogen) atoms. The second kappa shape index (κ2) is 11.3. The molecule has 5 aromatic heterocycles. The van der Waals surface area contributed by atoms with Gasteiger partial charge in [-0.15, -0.1) is 11.3 Å². The Kier molecular flexibility index (Phi) is 6.10. The topological polar surface area (TPSA) is 48.8 Å². The lowest BCUT2D eigenvalue weighted by molar-refractivity contribution is 0.666. The molecule has 7 aromatic carbocycles. The van der Waals surface area contributed by atoms with E-state index in [0.29, 0.717) is 11.5 Å². The third kappa shape index (κ3) is 4.03. The molecule has 262 valence electrons. The van der Waals surface area contributed by atoms with Crippen molar-refractivity contribution in [1.82, 2.24) is 19.1 Å². The van der Waals surface area contributed by atoms with Crippen LogP contribution in [0.1, 0.15) is 17.7 Å². The van der Waals surface area contributed by atoms with Crippen molar-refractivity contribution >= 4 is 103 Å². The van der Waals surface area contributed by atoms with Gasteiger partial charge in [-0.05, 0) is 78.4 Å². The lowest BCUT2D eigenvalue weighted by Gasteiger charge is -2.13. The van der Waals surface area contributed by atoms with Crippen LogP contribution in [0.15, 0.2) is 156 Å². The van der Waals surface area contributed by atoms with Gasteiger partial charge in [0.05, 0.1) is 22.2 Å². The normalized spacial score (nSPS) is 13.1. The summed E-state index contributed by atoms with van der Waals surface area (Å²) in [6, 6.07) is 51.9. The Morgan fingerprint density at radius 1 is 0.589 bits per heavy atom. The monoisotopic (exact) mass is 734 g/mol. The van der Waals surface area contributed by atoms with E-state index in [1.165, 1.54) is 58.3 Å². The molecule has 0 radical (unpaired) electrons. The molecular formula is C50H30N4OS. The second-order valence-electron chi connectivity index (χ2n) is 14.8. The van der Waals surface area contributed by atoms with E-state index in [1.807, 2.05) is 23.5 Å². The summed E-state index contributed by atoms with van der Waals surface area (Å²) in [7, 11) is 0. The number of aryl methyl sites for hydroxylation is 1. The van der Waals surface area contributed by atoms with Gasteiger partial charge in [0, 0.05) is 58.4 Å². The van der Waals surface area contributed by atoms with Crippen molar-refractivity contribution < 1.29 is 4.42 Å². The van der Waals surface area contributed by atoms with Crippen LogP contribution in [-0.2, 0) is 6.42 Å². The fourth-order valence-electron chi connectivity index (χ4n) is 9.44. The highest BCUT2D eigenvalue weighted by atomic mass is 32.1. The van der Waals surface area contributed by atoms with Crippen molar-refractivity contribution in [2.75, 3.05) is 0 Å². The summed E-state index contributed by atoms with van der Waals surface area (Å²) < 4.78 is 14.0. The zero-order valence-corrected chi connectivity index (χ0v) is 30.8. The predicted octanol–water partition coefficient (Wildman–Crippen LogP) is 13.6. The van der Waals surface area contributed by atoms with Gasteiger partial charge >= 0.3 is 0 Å². The Hall–Kier alpha value is -7.02. The van der Waals surface area contributed by atoms with Crippen LogP contribution in [0, 0.1) is 0 Å². The van der Waals surface area contributed by atoms with E-state index in [4.69, 9.17) is 14.4 Å². The van der Waals surface area contributed by atoms with Crippen molar-refractivity contribution in [2.45, 2.75) is 12.8 Å². The highest BCUT2D eigenvalue weighted by Crippen LogP contribution is 2.48. The van der Waals surface area contributed by atoms with E-state index in [2.05, 4.69) is 155 Å². The molecule has 5 nitrogen and oxygen atoms in total. The lowest BCUT2D eigenvalue weighted by atomic mass is 9.95. The van der Waals surface area contributed by atoms with E-state index in [1.54, 1.807) is 0 Å². The molecule has 0 N–H and O–H groups in total. The SMILES string of the molecule is C1=Cc2c(c3c4ccccc4c4sc5ccccc5c4c3n2-c2nc(-c3ccc4c(c3)c3ccccc3n4-c3ccccc3)c3oc4ccccc4c3n2)CC1. The van der Waals surface area contributed by atoms with Crippen molar-refractivity contribution in [1.29, 1.82) is 0 Å². The zero-order chi connectivity index (χ0) is 36.5. The molecule has 0 bridgehead atoms. The number of benzene rings is 7. The van der Waals surface area contributed by atoms with E-state index in [-0.39, 0.29) is 0 Å². The number of thiophene rings is 1. The van der Waals surface area contributed by atoms with Crippen LogP contribution in [0.25, 0.3) is 115 Å². The molecule has 0 spiro atoms. The molecule has 0 saturated heterocycles. The average molecular weight is 735 g/mol. The van der Waals surface area contributed by atoms with E-state index < -0.39 is 0 Å². The van der Waals surface area contributed by atoms with Gasteiger partial charge in [-0.25, -0.2) is 9.97 Å². The largest absolute Gasteiger partial charge is 0.452 e. The fraction of sp³-hybridized carbons (Fsp3) is 0.0400. The number of rotatable bonds is 3. The number of hydrogen-bond acceptors (Lipinski definition) is 4. The maximum absolute atomic E-state index is 6.71. The molecule has 0 amide bonds. The van der Waals surface area contributed by atoms with Crippen LogP contribution in [0.5, 0.6) is 0 Å². The highest BCUT2D eigenvalue weighted by molar-refractivity contribution is 7.27. The number of para-hydroxylation sites is 3. The maximum atomic E-state index is 6.71. The molecular weight excluding hydrogens is 705 g/mol. The van der Waals surface area contributed by atoms with Gasteiger partial charge in [-0.2, -0.15) is 0 Å². The Balaban J connectivity index is 1.18. The smallest absolute Gasteiger partial charge is 0.236 e. The summed E-state index contributed by atoms with van der Waals surface area (Å²) in [5.41, 5.74) is 11.2. The van der Waals surface area contributed by atoms with Gasteiger partial charge in [-0.3, -0.25) is 4.57 Å². The van der Waals surface area contributed by atoms with Crippen LogP contribution in [0.2, 0.25) is 0 Å². The molecule has 0 saturated carbocycles.